The number of hydrogen-bond donors (Lipinski definition) is 3. The van der Waals surface area contributed by atoms with Crippen LogP contribution in [0.1, 0.15) is 25.5 Å². The van der Waals surface area contributed by atoms with Crippen LogP contribution in [-0.4, -0.2) is 20.2 Å². The second kappa shape index (κ2) is 4.48. The van der Waals surface area contributed by atoms with Crippen LogP contribution in [0.3, 0.4) is 0 Å². The third-order valence-corrected chi connectivity index (χ3v) is 3.25. The zero-order valence-corrected chi connectivity index (χ0v) is 11.3. The van der Waals surface area contributed by atoms with Gasteiger partial charge in [0.1, 0.15) is 5.82 Å². The number of anilines is 1. The van der Waals surface area contributed by atoms with Gasteiger partial charge in [0.15, 0.2) is 5.82 Å². The molecule has 0 aliphatic heterocycles. The van der Waals surface area contributed by atoms with Crippen molar-refractivity contribution in [2.45, 2.75) is 19.8 Å². The van der Waals surface area contributed by atoms with E-state index < -0.39 is 0 Å². The van der Waals surface area contributed by atoms with Crippen LogP contribution in [0.15, 0.2) is 29.1 Å². The molecule has 0 unspecified atom stereocenters. The van der Waals surface area contributed by atoms with Gasteiger partial charge in [0, 0.05) is 0 Å². The number of hydrogen-bond acceptors (Lipinski definition) is 4. The maximum absolute atomic E-state index is 12.1. The van der Waals surface area contributed by atoms with Crippen LogP contribution >= 0.6 is 0 Å². The maximum atomic E-state index is 12.1. The molecule has 20 heavy (non-hydrogen) atoms. The molecule has 1 aromatic carbocycles. The first kappa shape index (κ1) is 12.4. The molecule has 0 fully saturated rings. The van der Waals surface area contributed by atoms with Crippen LogP contribution in [0, 0.1) is 0 Å². The van der Waals surface area contributed by atoms with Crippen molar-refractivity contribution >= 4 is 16.7 Å². The van der Waals surface area contributed by atoms with Crippen molar-refractivity contribution in [3.8, 4) is 11.4 Å². The molecular weight excluding hydrogens is 254 g/mol. The lowest BCUT2D eigenvalue weighted by atomic mass is 10.0. The lowest BCUT2D eigenvalue weighted by Crippen LogP contribution is -2.10. The molecule has 0 atom stereocenters. The van der Waals surface area contributed by atoms with Crippen LogP contribution in [0.25, 0.3) is 22.3 Å². The van der Waals surface area contributed by atoms with Gasteiger partial charge in [-0.05, 0) is 18.1 Å². The lowest BCUT2D eigenvalue weighted by Gasteiger charge is -2.07. The second-order valence-corrected chi connectivity index (χ2v) is 4.98. The van der Waals surface area contributed by atoms with Gasteiger partial charge in [0.05, 0.1) is 22.2 Å². The summed E-state index contributed by atoms with van der Waals surface area (Å²) < 4.78 is 0. The smallest absolute Gasteiger partial charge is 0.259 e. The molecule has 0 radical (unpaired) electrons. The number of para-hydroxylation sites is 1. The van der Waals surface area contributed by atoms with E-state index in [1.54, 1.807) is 12.1 Å². The third kappa shape index (κ3) is 1.85. The average molecular weight is 269 g/mol. The molecule has 6 nitrogen and oxygen atoms in total. The quantitative estimate of drug-likeness (QED) is 0.662. The molecule has 0 saturated heterocycles. The molecule has 0 amide bonds. The van der Waals surface area contributed by atoms with Gasteiger partial charge in [0.25, 0.3) is 5.56 Å². The Hall–Kier alpha value is -2.63. The predicted octanol–water partition coefficient (Wildman–Crippen LogP) is 2.02. The summed E-state index contributed by atoms with van der Waals surface area (Å²) in [6.07, 6.45) is 0. The van der Waals surface area contributed by atoms with E-state index in [2.05, 4.69) is 20.2 Å². The minimum atomic E-state index is -0.180. The highest BCUT2D eigenvalue weighted by Gasteiger charge is 2.18. The van der Waals surface area contributed by atoms with Crippen LogP contribution in [0.5, 0.6) is 0 Å². The summed E-state index contributed by atoms with van der Waals surface area (Å²) in [6.45, 7) is 4.05. The summed E-state index contributed by atoms with van der Waals surface area (Å²) in [5.74, 6) is 0.988. The summed E-state index contributed by atoms with van der Waals surface area (Å²) in [5, 5.41) is 7.48. The fraction of sp³-hybridized carbons (Fsp3) is 0.214. The van der Waals surface area contributed by atoms with Gasteiger partial charge in [-0.3, -0.25) is 9.89 Å². The number of nitrogens with zero attached hydrogens (tertiary/aromatic N) is 2. The molecule has 3 aromatic rings. The summed E-state index contributed by atoms with van der Waals surface area (Å²) in [5.41, 5.74) is 7.89. The normalized spacial score (nSPS) is 11.3. The van der Waals surface area contributed by atoms with E-state index >= 15 is 0 Å². The molecule has 0 saturated carbocycles. The zero-order chi connectivity index (χ0) is 14.3. The Morgan fingerprint density at radius 1 is 1.25 bits per heavy atom. The van der Waals surface area contributed by atoms with Gasteiger partial charge in [-0.25, -0.2) is 4.98 Å². The van der Waals surface area contributed by atoms with Crippen molar-refractivity contribution in [2.75, 3.05) is 5.73 Å². The lowest BCUT2D eigenvalue weighted by molar-refractivity contribution is 0.811. The molecule has 0 spiro atoms. The molecule has 4 N–H and O–H groups in total. The number of nitrogens with one attached hydrogen (secondary N) is 2. The van der Waals surface area contributed by atoms with Gasteiger partial charge in [-0.15, -0.1) is 0 Å². The Kier molecular flexibility index (Phi) is 2.78. The minimum absolute atomic E-state index is 0.180. The second-order valence-electron chi connectivity index (χ2n) is 4.98. The molecule has 0 aliphatic carbocycles. The van der Waals surface area contributed by atoms with Crippen molar-refractivity contribution in [3.63, 3.8) is 0 Å². The highest BCUT2D eigenvalue weighted by Crippen LogP contribution is 2.29. The maximum Gasteiger partial charge on any atom is 0.259 e. The van der Waals surface area contributed by atoms with E-state index in [0.29, 0.717) is 28.1 Å². The topological polar surface area (TPSA) is 100 Å². The number of nitrogens with two attached hydrogens (primary N) is 1. The first-order valence-corrected chi connectivity index (χ1v) is 6.41. The van der Waals surface area contributed by atoms with E-state index in [4.69, 9.17) is 5.73 Å². The van der Waals surface area contributed by atoms with E-state index in [9.17, 15) is 4.79 Å². The summed E-state index contributed by atoms with van der Waals surface area (Å²) in [7, 11) is 0. The zero-order valence-electron chi connectivity index (χ0n) is 11.3. The van der Waals surface area contributed by atoms with E-state index in [-0.39, 0.29) is 11.5 Å². The number of fused-ring (bicyclic) bond motifs is 1. The van der Waals surface area contributed by atoms with E-state index in [0.717, 1.165) is 5.69 Å². The highest BCUT2D eigenvalue weighted by molar-refractivity contribution is 5.81. The fourth-order valence-electron chi connectivity index (χ4n) is 2.24. The number of benzene rings is 1. The fourth-order valence-corrected chi connectivity index (χ4v) is 2.24. The van der Waals surface area contributed by atoms with Crippen molar-refractivity contribution in [2.24, 2.45) is 0 Å². The van der Waals surface area contributed by atoms with Gasteiger partial charge >= 0.3 is 0 Å². The monoisotopic (exact) mass is 269 g/mol. The Balaban J connectivity index is 2.31. The Morgan fingerprint density at radius 3 is 2.75 bits per heavy atom. The average Bonchev–Trinajstić information content (AvgIpc) is 2.81. The first-order valence-electron chi connectivity index (χ1n) is 6.41. The van der Waals surface area contributed by atoms with E-state index in [1.807, 2.05) is 26.0 Å². The molecule has 0 aliphatic rings. The molecule has 2 aromatic heterocycles. The number of aromatic amines is 2. The highest BCUT2D eigenvalue weighted by atomic mass is 16.1. The van der Waals surface area contributed by atoms with Crippen molar-refractivity contribution in [3.05, 3.63) is 40.3 Å². The SMILES string of the molecule is CC(C)c1[nH]nc(N)c1-c1nc2ccccc2c(=O)[nH]1. The van der Waals surface area contributed by atoms with Gasteiger partial charge < -0.3 is 10.7 Å². The Morgan fingerprint density at radius 2 is 2.00 bits per heavy atom. The third-order valence-electron chi connectivity index (χ3n) is 3.25. The van der Waals surface area contributed by atoms with Crippen LogP contribution in [0.4, 0.5) is 5.82 Å². The molecule has 0 bridgehead atoms. The number of aromatic nitrogens is 4. The van der Waals surface area contributed by atoms with Crippen molar-refractivity contribution in [1.29, 1.82) is 0 Å². The van der Waals surface area contributed by atoms with Crippen molar-refractivity contribution < 1.29 is 0 Å². The number of H-pyrrole nitrogens is 2. The summed E-state index contributed by atoms with van der Waals surface area (Å²) in [4.78, 5) is 19.4. The van der Waals surface area contributed by atoms with Crippen LogP contribution < -0.4 is 11.3 Å². The summed E-state index contributed by atoms with van der Waals surface area (Å²) >= 11 is 0. The van der Waals surface area contributed by atoms with E-state index in [1.165, 1.54) is 0 Å². The molecule has 6 heteroatoms. The van der Waals surface area contributed by atoms with Crippen molar-refractivity contribution in [1.82, 2.24) is 20.2 Å². The predicted molar refractivity (Wildman–Crippen MR) is 78.4 cm³/mol. The first-order chi connectivity index (χ1) is 9.58. The standard InChI is InChI=1S/C14H15N5O/c1-7(2)11-10(12(15)19-18-11)13-16-9-6-4-3-5-8(9)14(20)17-13/h3-7H,1-2H3,(H3,15,18,19)(H,16,17,20). The van der Waals surface area contributed by atoms with Gasteiger partial charge in [0.2, 0.25) is 0 Å². The van der Waals surface area contributed by atoms with Crippen LogP contribution in [0.2, 0.25) is 0 Å². The molecule has 102 valence electrons. The van der Waals surface area contributed by atoms with Crippen LogP contribution in [-0.2, 0) is 0 Å². The molecular formula is C14H15N5O. The minimum Gasteiger partial charge on any atom is -0.382 e. The van der Waals surface area contributed by atoms with Gasteiger partial charge in [-0.2, -0.15) is 5.10 Å². The van der Waals surface area contributed by atoms with Gasteiger partial charge in [-0.1, -0.05) is 26.0 Å². The number of nitrogen functional groups attached to an aromatic ring is 1. The molecule has 2 heterocycles. The molecule has 3 rings (SSSR count). The number of rotatable bonds is 2. The largest absolute Gasteiger partial charge is 0.382 e. The Bertz CT molecular complexity index is 831. The Labute approximate surface area is 115 Å². The summed E-state index contributed by atoms with van der Waals surface area (Å²) in [6, 6.07) is 7.21.